The van der Waals surface area contributed by atoms with Crippen molar-refractivity contribution >= 4 is 29.9 Å². The van der Waals surface area contributed by atoms with Crippen molar-refractivity contribution in [2.24, 2.45) is 4.99 Å². The van der Waals surface area contributed by atoms with Crippen molar-refractivity contribution in [1.82, 2.24) is 10.6 Å². The predicted octanol–water partition coefficient (Wildman–Crippen LogP) is 4.04. The van der Waals surface area contributed by atoms with Crippen molar-refractivity contribution in [3.8, 4) is 11.5 Å². The molecule has 0 aliphatic rings. The summed E-state index contributed by atoms with van der Waals surface area (Å²) in [5, 5.41) is 6.79. The second-order valence-corrected chi connectivity index (χ2v) is 6.21. The number of guanidine groups is 1. The SMILES string of the molecule is CCCCN=C(NCCc1ccc(OC)c(OC)c1)NCCc1ccco1.I. The van der Waals surface area contributed by atoms with Crippen LogP contribution in [0.1, 0.15) is 31.1 Å². The molecule has 28 heavy (non-hydrogen) atoms. The molecule has 1 heterocycles. The summed E-state index contributed by atoms with van der Waals surface area (Å²) in [6.45, 7) is 4.56. The molecule has 0 aliphatic carbocycles. The topological polar surface area (TPSA) is 68.0 Å². The van der Waals surface area contributed by atoms with Gasteiger partial charge in [-0.2, -0.15) is 0 Å². The number of methoxy groups -OCH3 is 2. The molecule has 0 saturated heterocycles. The third kappa shape index (κ3) is 8.41. The fourth-order valence-corrected chi connectivity index (χ4v) is 2.64. The van der Waals surface area contributed by atoms with Crippen LogP contribution in [0, 0.1) is 0 Å². The van der Waals surface area contributed by atoms with Gasteiger partial charge in [0.15, 0.2) is 17.5 Å². The molecule has 2 aromatic rings. The van der Waals surface area contributed by atoms with E-state index in [0.717, 1.165) is 68.5 Å². The van der Waals surface area contributed by atoms with Gasteiger partial charge in [-0.05, 0) is 42.7 Å². The second-order valence-electron chi connectivity index (χ2n) is 6.21. The highest BCUT2D eigenvalue weighted by atomic mass is 127. The van der Waals surface area contributed by atoms with E-state index in [0.29, 0.717) is 0 Å². The number of benzene rings is 1. The van der Waals surface area contributed by atoms with Gasteiger partial charge < -0.3 is 24.5 Å². The average molecular weight is 501 g/mol. The first-order valence-corrected chi connectivity index (χ1v) is 9.52. The van der Waals surface area contributed by atoms with Gasteiger partial charge in [0.1, 0.15) is 5.76 Å². The molecule has 0 atom stereocenters. The van der Waals surface area contributed by atoms with E-state index in [4.69, 9.17) is 13.9 Å². The molecule has 0 spiro atoms. The third-order valence-electron chi connectivity index (χ3n) is 4.18. The summed E-state index contributed by atoms with van der Waals surface area (Å²) in [6, 6.07) is 9.90. The zero-order valence-corrected chi connectivity index (χ0v) is 19.3. The fraction of sp³-hybridized carbons (Fsp3) is 0.476. The monoisotopic (exact) mass is 501 g/mol. The lowest BCUT2D eigenvalue weighted by Gasteiger charge is -2.13. The number of aliphatic imine (C=N–C) groups is 1. The van der Waals surface area contributed by atoms with Crippen LogP contribution in [0.3, 0.4) is 0 Å². The van der Waals surface area contributed by atoms with Crippen LogP contribution in [0.5, 0.6) is 11.5 Å². The van der Waals surface area contributed by atoms with Crippen LogP contribution in [0.4, 0.5) is 0 Å². The molecule has 1 aromatic carbocycles. The van der Waals surface area contributed by atoms with Gasteiger partial charge >= 0.3 is 0 Å². The van der Waals surface area contributed by atoms with E-state index in [2.05, 4.69) is 28.6 Å². The lowest BCUT2D eigenvalue weighted by atomic mass is 10.1. The van der Waals surface area contributed by atoms with Gasteiger partial charge in [0, 0.05) is 26.1 Å². The lowest BCUT2D eigenvalue weighted by molar-refractivity contribution is 0.354. The van der Waals surface area contributed by atoms with E-state index >= 15 is 0 Å². The molecule has 6 nitrogen and oxygen atoms in total. The number of halogens is 1. The minimum Gasteiger partial charge on any atom is -0.493 e. The Morgan fingerprint density at radius 1 is 1.04 bits per heavy atom. The van der Waals surface area contributed by atoms with E-state index in [1.165, 1.54) is 5.56 Å². The van der Waals surface area contributed by atoms with Crippen molar-refractivity contribution in [3.63, 3.8) is 0 Å². The van der Waals surface area contributed by atoms with Crippen LogP contribution >= 0.6 is 24.0 Å². The average Bonchev–Trinajstić information content (AvgIpc) is 3.21. The Kier molecular flexibility index (Phi) is 12.2. The van der Waals surface area contributed by atoms with E-state index in [-0.39, 0.29) is 24.0 Å². The zero-order valence-electron chi connectivity index (χ0n) is 17.0. The van der Waals surface area contributed by atoms with Crippen LogP contribution in [0.25, 0.3) is 0 Å². The normalized spacial score (nSPS) is 10.9. The number of furan rings is 1. The summed E-state index contributed by atoms with van der Waals surface area (Å²) in [6.07, 6.45) is 5.62. The van der Waals surface area contributed by atoms with Crippen LogP contribution < -0.4 is 20.1 Å². The third-order valence-corrected chi connectivity index (χ3v) is 4.18. The number of unbranched alkanes of at least 4 members (excludes halogenated alkanes) is 1. The number of ether oxygens (including phenoxy) is 2. The maximum Gasteiger partial charge on any atom is 0.191 e. The highest BCUT2D eigenvalue weighted by Crippen LogP contribution is 2.27. The van der Waals surface area contributed by atoms with Gasteiger partial charge in [0.2, 0.25) is 0 Å². The van der Waals surface area contributed by atoms with Crippen LogP contribution in [0.2, 0.25) is 0 Å². The molecular formula is C21H32IN3O3. The van der Waals surface area contributed by atoms with E-state index in [9.17, 15) is 0 Å². The first kappa shape index (κ1) is 24.1. The van der Waals surface area contributed by atoms with Crippen molar-refractivity contribution in [1.29, 1.82) is 0 Å². The number of hydrogen-bond acceptors (Lipinski definition) is 4. The van der Waals surface area contributed by atoms with Gasteiger partial charge in [-0.15, -0.1) is 24.0 Å². The summed E-state index contributed by atoms with van der Waals surface area (Å²) in [5.74, 6) is 3.32. The van der Waals surface area contributed by atoms with Gasteiger partial charge in [0.05, 0.1) is 20.5 Å². The number of hydrogen-bond donors (Lipinski definition) is 2. The molecule has 2 N–H and O–H groups in total. The largest absolute Gasteiger partial charge is 0.493 e. The molecule has 2 rings (SSSR count). The highest BCUT2D eigenvalue weighted by molar-refractivity contribution is 14.0. The molecule has 0 saturated carbocycles. The highest BCUT2D eigenvalue weighted by Gasteiger charge is 2.05. The molecule has 0 bridgehead atoms. The molecule has 0 aliphatic heterocycles. The number of nitrogens with zero attached hydrogens (tertiary/aromatic N) is 1. The molecule has 7 heteroatoms. The smallest absolute Gasteiger partial charge is 0.191 e. The minimum atomic E-state index is 0. The fourth-order valence-electron chi connectivity index (χ4n) is 2.64. The summed E-state index contributed by atoms with van der Waals surface area (Å²) >= 11 is 0. The summed E-state index contributed by atoms with van der Waals surface area (Å²) in [4.78, 5) is 4.64. The molecule has 0 unspecified atom stereocenters. The van der Waals surface area contributed by atoms with Gasteiger partial charge in [0.25, 0.3) is 0 Å². The Morgan fingerprint density at radius 3 is 2.43 bits per heavy atom. The Hall–Kier alpha value is -1.90. The quantitative estimate of drug-likeness (QED) is 0.211. The molecule has 1 aromatic heterocycles. The van der Waals surface area contributed by atoms with Gasteiger partial charge in [-0.1, -0.05) is 19.4 Å². The van der Waals surface area contributed by atoms with E-state index in [1.807, 2.05) is 24.3 Å². The second kappa shape index (κ2) is 14.1. The standard InChI is InChI=1S/C21H31N3O3.HI/c1-4-5-12-22-21(24-14-11-18-7-6-15-27-18)23-13-10-17-8-9-19(25-2)20(16-17)26-3;/h6-9,15-16H,4-5,10-14H2,1-3H3,(H2,22,23,24);1H. The Labute approximate surface area is 185 Å². The molecule has 0 amide bonds. The predicted molar refractivity (Wildman–Crippen MR) is 124 cm³/mol. The first-order chi connectivity index (χ1) is 13.3. The summed E-state index contributed by atoms with van der Waals surface area (Å²) in [7, 11) is 3.30. The van der Waals surface area contributed by atoms with Crippen molar-refractivity contribution in [2.75, 3.05) is 33.9 Å². The van der Waals surface area contributed by atoms with Crippen LogP contribution in [-0.4, -0.2) is 39.8 Å². The van der Waals surface area contributed by atoms with Crippen molar-refractivity contribution < 1.29 is 13.9 Å². The molecule has 0 radical (unpaired) electrons. The maximum absolute atomic E-state index is 5.37. The molecule has 156 valence electrons. The Morgan fingerprint density at radius 2 is 1.79 bits per heavy atom. The van der Waals surface area contributed by atoms with E-state index in [1.54, 1.807) is 20.5 Å². The number of rotatable bonds is 11. The van der Waals surface area contributed by atoms with E-state index < -0.39 is 0 Å². The number of nitrogens with one attached hydrogen (secondary N) is 2. The lowest BCUT2D eigenvalue weighted by Crippen LogP contribution is -2.39. The summed E-state index contributed by atoms with van der Waals surface area (Å²) < 4.78 is 16.0. The minimum absolute atomic E-state index is 0. The Bertz CT molecular complexity index is 690. The molecular weight excluding hydrogens is 469 g/mol. The maximum atomic E-state index is 5.37. The van der Waals surface area contributed by atoms with Gasteiger partial charge in [-0.25, -0.2) is 0 Å². The Balaban J connectivity index is 0.00000392. The van der Waals surface area contributed by atoms with Crippen LogP contribution in [-0.2, 0) is 12.8 Å². The van der Waals surface area contributed by atoms with Gasteiger partial charge in [-0.3, -0.25) is 4.99 Å². The summed E-state index contributed by atoms with van der Waals surface area (Å²) in [5.41, 5.74) is 1.18. The first-order valence-electron chi connectivity index (χ1n) is 9.52. The van der Waals surface area contributed by atoms with Crippen LogP contribution in [0.15, 0.2) is 46.0 Å². The van der Waals surface area contributed by atoms with Crippen molar-refractivity contribution in [3.05, 3.63) is 47.9 Å². The molecule has 0 fully saturated rings. The van der Waals surface area contributed by atoms with Crippen molar-refractivity contribution in [2.45, 2.75) is 32.6 Å². The zero-order chi connectivity index (χ0) is 19.3.